The van der Waals surface area contributed by atoms with Gasteiger partial charge >= 0.3 is 0 Å². The highest BCUT2D eigenvalue weighted by Gasteiger charge is 2.19. The van der Waals surface area contributed by atoms with E-state index < -0.39 is 0 Å². The smallest absolute Gasteiger partial charge is 0.225 e. The summed E-state index contributed by atoms with van der Waals surface area (Å²) in [7, 11) is 1.75. The number of carbonyl (C=O) groups excluding carboxylic acids is 2. The molecule has 0 radical (unpaired) electrons. The summed E-state index contributed by atoms with van der Waals surface area (Å²) in [6.45, 7) is 1.93. The zero-order chi connectivity index (χ0) is 17.5. The maximum atomic E-state index is 12.5. The number of hydrogen-bond acceptors (Lipinski definition) is 2. The Kier molecular flexibility index (Phi) is 6.38. The Hall–Kier alpha value is -2.33. The van der Waals surface area contributed by atoms with E-state index in [4.69, 9.17) is 11.6 Å². The van der Waals surface area contributed by atoms with E-state index in [1.54, 1.807) is 18.0 Å². The van der Waals surface area contributed by atoms with Crippen LogP contribution < -0.4 is 5.32 Å². The van der Waals surface area contributed by atoms with E-state index in [2.05, 4.69) is 5.32 Å². The zero-order valence-corrected chi connectivity index (χ0v) is 14.6. The molecule has 24 heavy (non-hydrogen) atoms. The standard InChI is InChI=1S/C19H21ClN2O2/c1-14(23)21-18(16-8-4-3-5-9-16)12-19(24)22(2)13-15-7-6-10-17(20)11-15/h3-11,18H,12-13H2,1-2H3,(H,21,23). The van der Waals surface area contributed by atoms with Gasteiger partial charge in [0.2, 0.25) is 11.8 Å². The fraction of sp³-hybridized carbons (Fsp3) is 0.263. The molecule has 2 amide bonds. The molecule has 1 N–H and O–H groups in total. The number of amides is 2. The van der Waals surface area contributed by atoms with E-state index in [0.29, 0.717) is 11.6 Å². The molecule has 0 aliphatic carbocycles. The van der Waals surface area contributed by atoms with Gasteiger partial charge in [0, 0.05) is 25.5 Å². The van der Waals surface area contributed by atoms with Crippen molar-refractivity contribution in [1.29, 1.82) is 0 Å². The van der Waals surface area contributed by atoms with Crippen LogP contribution in [-0.2, 0) is 16.1 Å². The first kappa shape index (κ1) is 18.0. The quantitative estimate of drug-likeness (QED) is 0.871. The molecule has 0 fully saturated rings. The summed E-state index contributed by atoms with van der Waals surface area (Å²) in [4.78, 5) is 25.6. The Morgan fingerprint density at radius 3 is 2.46 bits per heavy atom. The molecular formula is C19H21ClN2O2. The van der Waals surface area contributed by atoms with E-state index in [-0.39, 0.29) is 24.3 Å². The normalized spacial score (nSPS) is 11.6. The van der Waals surface area contributed by atoms with Gasteiger partial charge in [0.15, 0.2) is 0 Å². The first-order chi connectivity index (χ1) is 11.5. The Balaban J connectivity index is 2.05. The number of hydrogen-bond donors (Lipinski definition) is 1. The fourth-order valence-electron chi connectivity index (χ4n) is 2.51. The molecule has 0 saturated carbocycles. The van der Waals surface area contributed by atoms with Crippen LogP contribution in [0.4, 0.5) is 0 Å². The highest BCUT2D eigenvalue weighted by molar-refractivity contribution is 6.30. The van der Waals surface area contributed by atoms with E-state index in [9.17, 15) is 9.59 Å². The lowest BCUT2D eigenvalue weighted by molar-refractivity contribution is -0.131. The predicted octanol–water partition coefficient (Wildman–Crippen LogP) is 3.57. The average molecular weight is 345 g/mol. The predicted molar refractivity (Wildman–Crippen MR) is 95.5 cm³/mol. The van der Waals surface area contributed by atoms with Gasteiger partial charge in [-0.3, -0.25) is 9.59 Å². The van der Waals surface area contributed by atoms with Crippen molar-refractivity contribution in [1.82, 2.24) is 10.2 Å². The number of rotatable bonds is 6. The molecule has 0 bridgehead atoms. The second kappa shape index (κ2) is 8.50. The first-order valence-electron chi connectivity index (χ1n) is 7.76. The van der Waals surface area contributed by atoms with E-state index in [0.717, 1.165) is 11.1 Å². The van der Waals surface area contributed by atoms with Gasteiger partial charge in [-0.05, 0) is 23.3 Å². The minimum Gasteiger partial charge on any atom is -0.349 e. The molecule has 2 aromatic rings. The van der Waals surface area contributed by atoms with Gasteiger partial charge in [0.25, 0.3) is 0 Å². The summed E-state index contributed by atoms with van der Waals surface area (Å²) in [5.41, 5.74) is 1.88. The fourth-order valence-corrected chi connectivity index (χ4v) is 2.72. The summed E-state index contributed by atoms with van der Waals surface area (Å²) >= 11 is 5.98. The van der Waals surface area contributed by atoms with Crippen LogP contribution in [0.2, 0.25) is 5.02 Å². The summed E-state index contributed by atoms with van der Waals surface area (Å²) < 4.78 is 0. The molecule has 0 aliphatic rings. The van der Waals surface area contributed by atoms with E-state index in [1.807, 2.05) is 48.5 Å². The zero-order valence-electron chi connectivity index (χ0n) is 13.8. The largest absolute Gasteiger partial charge is 0.349 e. The van der Waals surface area contributed by atoms with Crippen molar-refractivity contribution in [3.8, 4) is 0 Å². The molecule has 2 rings (SSSR count). The van der Waals surface area contributed by atoms with Gasteiger partial charge in [-0.25, -0.2) is 0 Å². The van der Waals surface area contributed by atoms with Crippen molar-refractivity contribution in [3.63, 3.8) is 0 Å². The maximum absolute atomic E-state index is 12.5. The van der Waals surface area contributed by atoms with Crippen LogP contribution in [0.25, 0.3) is 0 Å². The molecule has 0 aromatic heterocycles. The minimum absolute atomic E-state index is 0.0439. The number of carbonyl (C=O) groups is 2. The van der Waals surface area contributed by atoms with Gasteiger partial charge in [-0.2, -0.15) is 0 Å². The summed E-state index contributed by atoms with van der Waals surface area (Å²) in [5, 5.41) is 3.49. The van der Waals surface area contributed by atoms with Crippen LogP contribution in [0.1, 0.15) is 30.5 Å². The molecule has 126 valence electrons. The van der Waals surface area contributed by atoms with Gasteiger partial charge < -0.3 is 10.2 Å². The van der Waals surface area contributed by atoms with E-state index >= 15 is 0 Å². The molecule has 0 aliphatic heterocycles. The van der Waals surface area contributed by atoms with Crippen molar-refractivity contribution in [2.24, 2.45) is 0 Å². The maximum Gasteiger partial charge on any atom is 0.225 e. The summed E-state index contributed by atoms with van der Waals surface area (Å²) in [6, 6.07) is 16.6. The Morgan fingerprint density at radius 2 is 1.83 bits per heavy atom. The number of nitrogens with one attached hydrogen (secondary N) is 1. The van der Waals surface area contributed by atoms with Crippen molar-refractivity contribution in [2.75, 3.05) is 7.05 Å². The lowest BCUT2D eigenvalue weighted by Gasteiger charge is -2.22. The summed E-state index contributed by atoms with van der Waals surface area (Å²) in [5.74, 6) is -0.202. The topological polar surface area (TPSA) is 49.4 Å². The third-order valence-electron chi connectivity index (χ3n) is 3.69. The molecule has 5 heteroatoms. The monoisotopic (exact) mass is 344 g/mol. The highest BCUT2D eigenvalue weighted by Crippen LogP contribution is 2.19. The van der Waals surface area contributed by atoms with Crippen LogP contribution in [0.5, 0.6) is 0 Å². The second-order valence-electron chi connectivity index (χ2n) is 5.75. The van der Waals surface area contributed by atoms with Crippen LogP contribution in [0.3, 0.4) is 0 Å². The second-order valence-corrected chi connectivity index (χ2v) is 6.18. The third-order valence-corrected chi connectivity index (χ3v) is 3.93. The van der Waals surface area contributed by atoms with Gasteiger partial charge in [0.1, 0.15) is 0 Å². The Bertz CT molecular complexity index is 704. The lowest BCUT2D eigenvalue weighted by Crippen LogP contribution is -2.33. The van der Waals surface area contributed by atoms with Crippen molar-refractivity contribution in [2.45, 2.75) is 25.9 Å². The van der Waals surface area contributed by atoms with Crippen LogP contribution in [-0.4, -0.2) is 23.8 Å². The van der Waals surface area contributed by atoms with Crippen LogP contribution in [0, 0.1) is 0 Å². The molecule has 2 aromatic carbocycles. The van der Waals surface area contributed by atoms with Gasteiger partial charge in [0.05, 0.1) is 12.5 Å². The molecule has 1 unspecified atom stereocenters. The van der Waals surface area contributed by atoms with Gasteiger partial charge in [-0.15, -0.1) is 0 Å². The van der Waals surface area contributed by atoms with Crippen LogP contribution in [0.15, 0.2) is 54.6 Å². The molecular weight excluding hydrogens is 324 g/mol. The number of nitrogens with zero attached hydrogens (tertiary/aromatic N) is 1. The first-order valence-corrected chi connectivity index (χ1v) is 8.14. The Labute approximate surface area is 147 Å². The van der Waals surface area contributed by atoms with Gasteiger partial charge in [-0.1, -0.05) is 54.1 Å². The van der Waals surface area contributed by atoms with Crippen molar-refractivity contribution >= 4 is 23.4 Å². The summed E-state index contributed by atoms with van der Waals surface area (Å²) in [6.07, 6.45) is 0.209. The molecule has 1 atom stereocenters. The molecule has 4 nitrogen and oxygen atoms in total. The molecule has 0 saturated heterocycles. The van der Waals surface area contributed by atoms with Crippen molar-refractivity contribution in [3.05, 3.63) is 70.7 Å². The lowest BCUT2D eigenvalue weighted by atomic mass is 10.0. The minimum atomic E-state index is -0.335. The molecule has 0 heterocycles. The van der Waals surface area contributed by atoms with Crippen LogP contribution >= 0.6 is 11.6 Å². The third kappa shape index (κ3) is 5.39. The average Bonchev–Trinajstić information content (AvgIpc) is 2.54. The number of halogens is 1. The van der Waals surface area contributed by atoms with Crippen molar-refractivity contribution < 1.29 is 9.59 Å². The Morgan fingerprint density at radius 1 is 1.12 bits per heavy atom. The van der Waals surface area contributed by atoms with E-state index in [1.165, 1.54) is 6.92 Å². The number of benzene rings is 2. The SMILES string of the molecule is CC(=O)NC(CC(=O)N(C)Cc1cccc(Cl)c1)c1ccccc1. The highest BCUT2D eigenvalue weighted by atomic mass is 35.5. The molecule has 0 spiro atoms.